The van der Waals surface area contributed by atoms with Crippen molar-refractivity contribution in [3.8, 4) is 0 Å². The second-order valence-electron chi connectivity index (χ2n) is 4.94. The number of nitrogens with one attached hydrogen (secondary N) is 1. The third kappa shape index (κ3) is 2.73. The Morgan fingerprint density at radius 1 is 1.26 bits per heavy atom. The average Bonchev–Trinajstić information content (AvgIpc) is 2.98. The Labute approximate surface area is 131 Å². The first kappa shape index (κ1) is 14.6. The summed E-state index contributed by atoms with van der Waals surface area (Å²) >= 11 is 0. The molecule has 0 aliphatic heterocycles. The zero-order chi connectivity index (χ0) is 16.4. The van der Waals surface area contributed by atoms with E-state index in [0.717, 1.165) is 11.3 Å². The molecule has 3 heterocycles. The van der Waals surface area contributed by atoms with E-state index in [4.69, 9.17) is 5.73 Å². The fourth-order valence-electron chi connectivity index (χ4n) is 2.20. The molecule has 8 heteroatoms. The molecule has 0 saturated heterocycles. The molecule has 23 heavy (non-hydrogen) atoms. The Bertz CT molecular complexity index is 902. The number of fused-ring (bicyclic) bond motifs is 1. The van der Waals surface area contributed by atoms with Gasteiger partial charge in [0, 0.05) is 12.4 Å². The third-order valence-corrected chi connectivity index (χ3v) is 3.43. The predicted molar refractivity (Wildman–Crippen MR) is 81.6 cm³/mol. The van der Waals surface area contributed by atoms with Gasteiger partial charge in [-0.2, -0.15) is 5.10 Å². The summed E-state index contributed by atoms with van der Waals surface area (Å²) in [6, 6.07) is 5.28. The van der Waals surface area contributed by atoms with Crippen LogP contribution in [0, 0.1) is 6.92 Å². The van der Waals surface area contributed by atoms with Crippen LogP contribution in [-0.4, -0.2) is 31.4 Å². The molecule has 3 aromatic rings. The number of nitrogens with zero attached hydrogens (tertiary/aromatic N) is 4. The van der Waals surface area contributed by atoms with Crippen LogP contribution in [0.25, 0.3) is 5.65 Å². The number of primary amides is 1. The molecule has 0 spiro atoms. The van der Waals surface area contributed by atoms with E-state index in [2.05, 4.69) is 20.4 Å². The Hall–Kier alpha value is -3.29. The summed E-state index contributed by atoms with van der Waals surface area (Å²) in [4.78, 5) is 32.0. The van der Waals surface area contributed by atoms with Crippen LogP contribution in [0.2, 0.25) is 0 Å². The third-order valence-electron chi connectivity index (χ3n) is 3.43. The highest BCUT2D eigenvalue weighted by Gasteiger charge is 2.16. The van der Waals surface area contributed by atoms with E-state index in [-0.39, 0.29) is 22.8 Å². The van der Waals surface area contributed by atoms with Gasteiger partial charge in [0.25, 0.3) is 11.8 Å². The summed E-state index contributed by atoms with van der Waals surface area (Å²) in [5, 5.41) is 6.79. The van der Waals surface area contributed by atoms with Crippen LogP contribution in [0.4, 0.5) is 0 Å². The number of aromatic nitrogens is 4. The van der Waals surface area contributed by atoms with Gasteiger partial charge in [0.15, 0.2) is 5.65 Å². The van der Waals surface area contributed by atoms with Gasteiger partial charge in [-0.25, -0.2) is 9.50 Å². The number of amides is 2. The fourth-order valence-corrected chi connectivity index (χ4v) is 2.20. The standard InChI is InChI=1S/C15H14N6O2/c1-9-3-2-5-17-11(9)8-19-15(23)12-4-6-18-14-10(13(16)22)7-20-21(12)14/h2-7H,8H2,1H3,(H2,16,22)(H,19,23). The van der Waals surface area contributed by atoms with Crippen molar-refractivity contribution in [2.45, 2.75) is 13.5 Å². The van der Waals surface area contributed by atoms with Crippen molar-refractivity contribution in [3.63, 3.8) is 0 Å². The Balaban J connectivity index is 1.87. The highest BCUT2D eigenvalue weighted by atomic mass is 16.2. The molecule has 0 fully saturated rings. The second-order valence-corrected chi connectivity index (χ2v) is 4.94. The lowest BCUT2D eigenvalue weighted by Crippen LogP contribution is -2.26. The van der Waals surface area contributed by atoms with Gasteiger partial charge in [-0.05, 0) is 24.6 Å². The molecule has 0 aromatic carbocycles. The first-order chi connectivity index (χ1) is 11.1. The van der Waals surface area contributed by atoms with Crippen molar-refractivity contribution >= 4 is 17.5 Å². The van der Waals surface area contributed by atoms with Crippen molar-refractivity contribution in [1.82, 2.24) is 24.9 Å². The van der Waals surface area contributed by atoms with Crippen LogP contribution in [0.1, 0.15) is 32.1 Å². The number of carbonyl (C=O) groups is 2. The minimum Gasteiger partial charge on any atom is -0.365 e. The first-order valence-corrected chi connectivity index (χ1v) is 6.89. The van der Waals surface area contributed by atoms with E-state index >= 15 is 0 Å². The summed E-state index contributed by atoms with van der Waals surface area (Å²) in [5.41, 5.74) is 7.71. The maximum Gasteiger partial charge on any atom is 0.270 e. The Kier molecular flexibility index (Phi) is 3.71. The van der Waals surface area contributed by atoms with Crippen LogP contribution in [0.3, 0.4) is 0 Å². The van der Waals surface area contributed by atoms with Crippen molar-refractivity contribution in [3.05, 3.63) is 59.3 Å². The quantitative estimate of drug-likeness (QED) is 0.726. The lowest BCUT2D eigenvalue weighted by atomic mass is 10.2. The van der Waals surface area contributed by atoms with Crippen LogP contribution in [0.15, 0.2) is 36.8 Å². The monoisotopic (exact) mass is 310 g/mol. The molecule has 116 valence electrons. The molecule has 0 saturated carbocycles. The van der Waals surface area contributed by atoms with Gasteiger partial charge in [-0.3, -0.25) is 14.6 Å². The SMILES string of the molecule is Cc1cccnc1CNC(=O)c1ccnc2c(C(N)=O)cnn12. The largest absolute Gasteiger partial charge is 0.365 e. The molecular weight excluding hydrogens is 296 g/mol. The van der Waals surface area contributed by atoms with Gasteiger partial charge in [-0.1, -0.05) is 6.07 Å². The van der Waals surface area contributed by atoms with Crippen molar-refractivity contribution in [1.29, 1.82) is 0 Å². The van der Waals surface area contributed by atoms with Crippen LogP contribution in [-0.2, 0) is 6.54 Å². The number of nitrogens with two attached hydrogens (primary N) is 1. The number of hydrogen-bond donors (Lipinski definition) is 2. The minimum absolute atomic E-state index is 0.167. The van der Waals surface area contributed by atoms with E-state index in [1.54, 1.807) is 6.20 Å². The molecule has 0 atom stereocenters. The number of carbonyl (C=O) groups excluding carboxylic acids is 2. The summed E-state index contributed by atoms with van der Waals surface area (Å²) in [6.07, 6.45) is 4.40. The highest BCUT2D eigenvalue weighted by molar-refractivity contribution is 5.99. The van der Waals surface area contributed by atoms with Gasteiger partial charge >= 0.3 is 0 Å². The fraction of sp³-hybridized carbons (Fsp3) is 0.133. The molecule has 2 amide bonds. The molecule has 8 nitrogen and oxygen atoms in total. The summed E-state index contributed by atoms with van der Waals surface area (Å²) in [6.45, 7) is 2.21. The Morgan fingerprint density at radius 3 is 2.83 bits per heavy atom. The summed E-state index contributed by atoms with van der Waals surface area (Å²) in [7, 11) is 0. The molecule has 0 aliphatic rings. The maximum atomic E-state index is 12.4. The van der Waals surface area contributed by atoms with Crippen LogP contribution >= 0.6 is 0 Å². The van der Waals surface area contributed by atoms with E-state index in [1.807, 2.05) is 19.1 Å². The average molecular weight is 310 g/mol. The van der Waals surface area contributed by atoms with Crippen molar-refractivity contribution in [2.24, 2.45) is 5.73 Å². The zero-order valence-corrected chi connectivity index (χ0v) is 12.4. The maximum absolute atomic E-state index is 12.4. The number of aryl methyl sites for hydroxylation is 1. The Morgan fingerprint density at radius 2 is 2.09 bits per heavy atom. The lowest BCUT2D eigenvalue weighted by Gasteiger charge is -2.08. The number of rotatable bonds is 4. The lowest BCUT2D eigenvalue weighted by molar-refractivity contribution is 0.0941. The van der Waals surface area contributed by atoms with E-state index in [9.17, 15) is 9.59 Å². The molecule has 0 aliphatic carbocycles. The van der Waals surface area contributed by atoms with E-state index < -0.39 is 5.91 Å². The van der Waals surface area contributed by atoms with Gasteiger partial charge < -0.3 is 11.1 Å². The molecule has 0 unspecified atom stereocenters. The molecule has 0 bridgehead atoms. The molecule has 3 rings (SSSR count). The van der Waals surface area contributed by atoms with Gasteiger partial charge in [0.1, 0.15) is 11.3 Å². The van der Waals surface area contributed by atoms with Crippen LogP contribution in [0.5, 0.6) is 0 Å². The predicted octanol–water partition coefficient (Wildman–Crippen LogP) is 0.462. The number of pyridine rings is 1. The number of hydrogen-bond acceptors (Lipinski definition) is 5. The minimum atomic E-state index is -0.644. The summed E-state index contributed by atoms with van der Waals surface area (Å²) in [5.74, 6) is -0.990. The molecule has 3 N–H and O–H groups in total. The van der Waals surface area contributed by atoms with Crippen LogP contribution < -0.4 is 11.1 Å². The van der Waals surface area contributed by atoms with Gasteiger partial charge in [0.05, 0.1) is 18.4 Å². The highest BCUT2D eigenvalue weighted by Crippen LogP contribution is 2.10. The summed E-state index contributed by atoms with van der Waals surface area (Å²) < 4.78 is 1.29. The second kappa shape index (κ2) is 5.84. The molecular formula is C15H14N6O2. The normalized spacial score (nSPS) is 10.7. The first-order valence-electron chi connectivity index (χ1n) is 6.89. The topological polar surface area (TPSA) is 115 Å². The van der Waals surface area contributed by atoms with E-state index in [0.29, 0.717) is 6.54 Å². The van der Waals surface area contributed by atoms with Gasteiger partial charge in [0.2, 0.25) is 0 Å². The van der Waals surface area contributed by atoms with Gasteiger partial charge in [-0.15, -0.1) is 0 Å². The molecule has 0 radical (unpaired) electrons. The zero-order valence-electron chi connectivity index (χ0n) is 12.4. The smallest absolute Gasteiger partial charge is 0.270 e. The van der Waals surface area contributed by atoms with Crippen molar-refractivity contribution in [2.75, 3.05) is 0 Å². The van der Waals surface area contributed by atoms with E-state index in [1.165, 1.54) is 23.0 Å². The van der Waals surface area contributed by atoms with Crippen molar-refractivity contribution < 1.29 is 9.59 Å². The molecule has 3 aromatic heterocycles.